The van der Waals surface area contributed by atoms with E-state index in [0.29, 0.717) is 0 Å². The predicted octanol–water partition coefficient (Wildman–Crippen LogP) is 0.485. The van der Waals surface area contributed by atoms with Gasteiger partial charge in [0.15, 0.2) is 0 Å². The van der Waals surface area contributed by atoms with E-state index in [1.807, 2.05) is 6.92 Å². The number of hydrogen-bond donors (Lipinski definition) is 1. The summed E-state index contributed by atoms with van der Waals surface area (Å²) >= 11 is 0. The number of aliphatic hydroxyl groups excluding tert-OH is 1. The van der Waals surface area contributed by atoms with Gasteiger partial charge < -0.3 is 35.7 Å². The fraction of sp³-hybridized carbons (Fsp3) is 1.00. The maximum Gasteiger partial charge on any atom is 4.00 e. The van der Waals surface area contributed by atoms with E-state index in [9.17, 15) is 30.6 Å². The molecule has 1 atom stereocenters. The first-order valence-corrected chi connectivity index (χ1v) is 12.3. The summed E-state index contributed by atoms with van der Waals surface area (Å²) in [4.78, 5) is 0. The number of rotatable bonds is 5. The Hall–Kier alpha value is 2.01. The molecule has 0 amide bonds. The first-order valence-electron chi connectivity index (χ1n) is 12.3. The Labute approximate surface area is 275 Å². The normalized spacial score (nSPS) is 9.69. The number of aliphatic hydroxyl groups is 1. The molecule has 0 spiro atoms. The molecular weight excluding hydrogens is 609 g/mol. The second-order valence-corrected chi connectivity index (χ2v) is 8.85. The monoisotopic (exact) mass is 670 g/mol. The summed E-state index contributed by atoms with van der Waals surface area (Å²) in [6.07, 6.45) is 3.05. The SMILES string of the molecule is CC(C)[O-].CC(C)[O-].CC(C)[O-].CC(C)[O-].CC(C)[O-].CC(C)[O-].CCCCCC(O)CC.[Ba+2].[Ti+4]. The van der Waals surface area contributed by atoms with Gasteiger partial charge in [-0.3, -0.25) is 0 Å². The summed E-state index contributed by atoms with van der Waals surface area (Å²) in [6, 6.07) is 0. The molecule has 0 saturated carbocycles. The molecule has 0 radical (unpaired) electrons. The Balaban J connectivity index is -0.0000000330. The summed E-state index contributed by atoms with van der Waals surface area (Å²) in [7, 11) is 0. The fourth-order valence-electron chi connectivity index (χ4n) is 0.834. The minimum absolute atomic E-state index is 0. The van der Waals surface area contributed by atoms with Crippen LogP contribution in [0, 0.1) is 0 Å². The van der Waals surface area contributed by atoms with Crippen LogP contribution in [0.2, 0.25) is 0 Å². The van der Waals surface area contributed by atoms with Crippen LogP contribution in [-0.4, -0.2) is 96.7 Å². The van der Waals surface area contributed by atoms with Crippen molar-refractivity contribution in [2.75, 3.05) is 0 Å². The molecule has 0 aromatic carbocycles. The quantitative estimate of drug-likeness (QED) is 0.330. The Morgan fingerprint density at radius 2 is 0.657 bits per heavy atom. The van der Waals surface area contributed by atoms with Gasteiger partial charge in [-0.25, -0.2) is 0 Å². The summed E-state index contributed by atoms with van der Waals surface area (Å²) < 4.78 is 0. The summed E-state index contributed by atoms with van der Waals surface area (Å²) in [5.41, 5.74) is 0. The molecule has 212 valence electrons. The van der Waals surface area contributed by atoms with Crippen molar-refractivity contribution in [3.63, 3.8) is 0 Å². The molecule has 0 aliphatic heterocycles. The summed E-state index contributed by atoms with van der Waals surface area (Å²) in [5, 5.41) is 66.3. The van der Waals surface area contributed by atoms with Crippen LogP contribution < -0.4 is 30.6 Å². The average molecular weight is 670 g/mol. The molecule has 9 heteroatoms. The average Bonchev–Trinajstić information content (AvgIpc) is 2.51. The van der Waals surface area contributed by atoms with Gasteiger partial charge in [0.25, 0.3) is 0 Å². The van der Waals surface area contributed by atoms with Crippen LogP contribution in [0.25, 0.3) is 0 Å². The van der Waals surface area contributed by atoms with Crippen molar-refractivity contribution in [2.45, 2.75) is 172 Å². The Kier molecular flexibility index (Phi) is 98.3. The smallest absolute Gasteiger partial charge is 0.852 e. The summed E-state index contributed by atoms with van der Waals surface area (Å²) in [6.45, 7) is 23.5. The molecule has 1 N–H and O–H groups in total. The third-order valence-corrected chi connectivity index (χ3v) is 1.61. The largest absolute Gasteiger partial charge is 4.00 e. The van der Waals surface area contributed by atoms with Crippen molar-refractivity contribution in [3.05, 3.63) is 0 Å². The zero-order chi connectivity index (χ0) is 28.6. The Morgan fingerprint density at radius 1 is 0.486 bits per heavy atom. The van der Waals surface area contributed by atoms with Gasteiger partial charge in [0.1, 0.15) is 0 Å². The van der Waals surface area contributed by atoms with E-state index in [1.165, 1.54) is 19.3 Å². The van der Waals surface area contributed by atoms with E-state index in [1.54, 1.807) is 83.1 Å². The van der Waals surface area contributed by atoms with Crippen molar-refractivity contribution in [1.29, 1.82) is 0 Å². The predicted molar refractivity (Wildman–Crippen MR) is 137 cm³/mol. The second kappa shape index (κ2) is 56.3. The maximum atomic E-state index is 9.53. The van der Waals surface area contributed by atoms with Gasteiger partial charge in [-0.2, -0.15) is 0 Å². The molecule has 0 aliphatic rings. The second-order valence-electron chi connectivity index (χ2n) is 8.85. The minimum atomic E-state index is -0.417. The number of hydrogen-bond acceptors (Lipinski definition) is 7. The Morgan fingerprint density at radius 3 is 0.771 bits per heavy atom. The molecule has 0 bridgehead atoms. The molecule has 0 aromatic rings. The minimum Gasteiger partial charge on any atom is -0.852 e. The molecule has 0 rings (SSSR count). The van der Waals surface area contributed by atoms with Crippen molar-refractivity contribution >= 4 is 48.9 Å². The van der Waals surface area contributed by atoms with Crippen molar-refractivity contribution < 1.29 is 57.5 Å². The van der Waals surface area contributed by atoms with Gasteiger partial charge in [0.2, 0.25) is 0 Å². The summed E-state index contributed by atoms with van der Waals surface area (Å²) in [5.74, 6) is 0. The number of unbranched alkanes of at least 4 members (excludes halogenated alkanes) is 2. The fourth-order valence-corrected chi connectivity index (χ4v) is 0.834. The van der Waals surface area contributed by atoms with Gasteiger partial charge in [-0.05, 0) is 12.8 Å². The molecule has 0 aromatic heterocycles. The van der Waals surface area contributed by atoms with Gasteiger partial charge >= 0.3 is 70.6 Å². The van der Waals surface area contributed by atoms with Crippen LogP contribution in [0.3, 0.4) is 0 Å². The van der Waals surface area contributed by atoms with Crippen molar-refractivity contribution in [3.8, 4) is 0 Å². The van der Waals surface area contributed by atoms with Crippen LogP contribution in [-0.2, 0) is 21.7 Å². The zero-order valence-corrected chi connectivity index (χ0v) is 31.7. The van der Waals surface area contributed by atoms with E-state index in [4.69, 9.17) is 5.11 Å². The standard InChI is InChI=1S/C8H18O.6C3H7O.Ba.Ti/c1-3-5-6-7-8(9)4-2;6*1-3(2)4;;/h8-9H,3-7H2,1-2H3;6*3H,1-2H3;;/q;6*-1;+2;+4. The van der Waals surface area contributed by atoms with E-state index in [2.05, 4.69) is 6.92 Å². The molecule has 7 nitrogen and oxygen atoms in total. The molecule has 0 saturated heterocycles. The molecule has 1 unspecified atom stereocenters. The van der Waals surface area contributed by atoms with Gasteiger partial charge in [-0.1, -0.05) is 116 Å². The van der Waals surface area contributed by atoms with Crippen LogP contribution in [0.4, 0.5) is 0 Å². The van der Waals surface area contributed by atoms with Crippen LogP contribution >= 0.6 is 0 Å². The van der Waals surface area contributed by atoms with Crippen LogP contribution in [0.5, 0.6) is 0 Å². The first kappa shape index (κ1) is 61.2. The molecule has 0 heterocycles. The van der Waals surface area contributed by atoms with Gasteiger partial charge in [0.05, 0.1) is 6.10 Å². The topological polar surface area (TPSA) is 159 Å². The van der Waals surface area contributed by atoms with Crippen LogP contribution in [0.15, 0.2) is 0 Å². The van der Waals surface area contributed by atoms with Crippen molar-refractivity contribution in [2.24, 2.45) is 0 Å². The molecular formula is C26H60BaO7Ti. The van der Waals surface area contributed by atoms with Crippen molar-refractivity contribution in [1.82, 2.24) is 0 Å². The molecule has 0 fully saturated rings. The molecule has 0 aliphatic carbocycles. The van der Waals surface area contributed by atoms with E-state index in [-0.39, 0.29) is 76.7 Å². The van der Waals surface area contributed by atoms with E-state index < -0.39 is 36.6 Å². The Bertz CT molecular complexity index is 207. The third kappa shape index (κ3) is 513. The maximum absolute atomic E-state index is 9.53. The first-order chi connectivity index (χ1) is 14.7. The van der Waals surface area contributed by atoms with E-state index in [0.717, 1.165) is 12.8 Å². The van der Waals surface area contributed by atoms with E-state index >= 15 is 0 Å². The molecule has 35 heavy (non-hydrogen) atoms. The van der Waals surface area contributed by atoms with Gasteiger partial charge in [-0.15, -0.1) is 36.6 Å². The van der Waals surface area contributed by atoms with Gasteiger partial charge in [0, 0.05) is 0 Å². The third-order valence-electron chi connectivity index (χ3n) is 1.61. The zero-order valence-electron chi connectivity index (χ0n) is 25.7. The van der Waals surface area contributed by atoms with Crippen LogP contribution in [0.1, 0.15) is 129 Å².